The van der Waals surface area contributed by atoms with E-state index in [1.54, 1.807) is 0 Å². The average molecular weight is 374 g/mol. The van der Waals surface area contributed by atoms with Gasteiger partial charge in [-0.1, -0.05) is 6.92 Å². The third-order valence-electron chi connectivity index (χ3n) is 4.39. The summed E-state index contributed by atoms with van der Waals surface area (Å²) < 4.78 is 51.9. The Bertz CT molecular complexity index is 661. The molecule has 0 aliphatic carbocycles. The van der Waals surface area contributed by atoms with E-state index in [4.69, 9.17) is 0 Å². The highest BCUT2D eigenvalue weighted by Gasteiger charge is 2.35. The average Bonchev–Trinajstić information content (AvgIpc) is 2.59. The number of hydrogen-bond donors (Lipinski definition) is 1. The SMILES string of the molecule is CCCC(=O)NCC1CCCN(C(=O)c2ccc(F)c(C(F)(F)F)c2)C1. The Morgan fingerprint density at radius 3 is 2.69 bits per heavy atom. The summed E-state index contributed by atoms with van der Waals surface area (Å²) in [7, 11) is 0. The normalized spacial score (nSPS) is 17.9. The van der Waals surface area contributed by atoms with Gasteiger partial charge in [0, 0.05) is 31.6 Å². The summed E-state index contributed by atoms with van der Waals surface area (Å²) in [4.78, 5) is 25.5. The highest BCUT2D eigenvalue weighted by atomic mass is 19.4. The first-order chi connectivity index (χ1) is 12.2. The van der Waals surface area contributed by atoms with Gasteiger partial charge in [0.2, 0.25) is 5.91 Å². The standard InChI is InChI=1S/C18H22F4N2O2/c1-2-4-16(25)23-10-12-5-3-8-24(11-12)17(26)13-6-7-15(19)14(9-13)18(20,21)22/h6-7,9,12H,2-5,8,10-11H2,1H3,(H,23,25). The molecule has 1 unspecified atom stereocenters. The molecular weight excluding hydrogens is 352 g/mol. The summed E-state index contributed by atoms with van der Waals surface area (Å²) in [6.07, 6.45) is -2.15. The largest absolute Gasteiger partial charge is 0.419 e. The van der Waals surface area contributed by atoms with E-state index in [1.165, 1.54) is 4.90 Å². The molecule has 26 heavy (non-hydrogen) atoms. The summed E-state index contributed by atoms with van der Waals surface area (Å²) >= 11 is 0. The van der Waals surface area contributed by atoms with Gasteiger partial charge in [0.1, 0.15) is 5.82 Å². The van der Waals surface area contributed by atoms with Gasteiger partial charge in [-0.25, -0.2) is 4.39 Å². The molecule has 0 bridgehead atoms. The molecule has 2 rings (SSSR count). The number of nitrogens with one attached hydrogen (secondary N) is 1. The van der Waals surface area contributed by atoms with Crippen molar-refractivity contribution in [2.45, 2.75) is 38.8 Å². The Hall–Kier alpha value is -2.12. The predicted molar refractivity (Wildman–Crippen MR) is 87.9 cm³/mol. The zero-order valence-corrected chi connectivity index (χ0v) is 14.5. The zero-order valence-electron chi connectivity index (χ0n) is 14.5. The van der Waals surface area contributed by atoms with Crippen molar-refractivity contribution in [3.63, 3.8) is 0 Å². The molecule has 0 saturated carbocycles. The van der Waals surface area contributed by atoms with Crippen LogP contribution in [0, 0.1) is 11.7 Å². The Labute approximate surface area is 149 Å². The van der Waals surface area contributed by atoms with Crippen molar-refractivity contribution >= 4 is 11.8 Å². The third-order valence-corrected chi connectivity index (χ3v) is 4.39. The van der Waals surface area contributed by atoms with E-state index in [1.807, 2.05) is 6.92 Å². The van der Waals surface area contributed by atoms with E-state index in [0.29, 0.717) is 44.6 Å². The zero-order chi connectivity index (χ0) is 19.3. The van der Waals surface area contributed by atoms with Gasteiger partial charge in [-0.15, -0.1) is 0 Å². The summed E-state index contributed by atoms with van der Waals surface area (Å²) in [5.41, 5.74) is -1.63. The van der Waals surface area contributed by atoms with Crippen molar-refractivity contribution < 1.29 is 27.2 Å². The van der Waals surface area contributed by atoms with Crippen molar-refractivity contribution in [3.8, 4) is 0 Å². The number of halogens is 4. The van der Waals surface area contributed by atoms with Crippen LogP contribution in [0.25, 0.3) is 0 Å². The van der Waals surface area contributed by atoms with E-state index in [-0.39, 0.29) is 17.4 Å². The fourth-order valence-electron chi connectivity index (χ4n) is 3.05. The number of benzene rings is 1. The van der Waals surface area contributed by atoms with Crippen molar-refractivity contribution in [1.29, 1.82) is 0 Å². The van der Waals surface area contributed by atoms with Crippen molar-refractivity contribution in [2.75, 3.05) is 19.6 Å². The van der Waals surface area contributed by atoms with E-state index in [2.05, 4.69) is 5.32 Å². The fraction of sp³-hybridized carbons (Fsp3) is 0.556. The molecule has 1 fully saturated rings. The summed E-state index contributed by atoms with van der Waals surface area (Å²) in [6.45, 7) is 3.11. The first kappa shape index (κ1) is 20.2. The van der Waals surface area contributed by atoms with Crippen LogP contribution in [0.1, 0.15) is 48.5 Å². The molecule has 1 saturated heterocycles. The van der Waals surface area contributed by atoms with Gasteiger partial charge in [0.25, 0.3) is 5.91 Å². The number of hydrogen-bond acceptors (Lipinski definition) is 2. The lowest BCUT2D eigenvalue weighted by Gasteiger charge is -2.33. The number of rotatable bonds is 5. The number of amides is 2. The molecule has 1 aromatic carbocycles. The maximum Gasteiger partial charge on any atom is 0.419 e. The lowest BCUT2D eigenvalue weighted by atomic mass is 9.97. The molecule has 0 radical (unpaired) electrons. The summed E-state index contributed by atoms with van der Waals surface area (Å²) in [5, 5.41) is 2.81. The Morgan fingerprint density at radius 1 is 1.31 bits per heavy atom. The Balaban J connectivity index is 2.04. The number of carbonyl (C=O) groups excluding carboxylic acids is 2. The van der Waals surface area contributed by atoms with Gasteiger partial charge in [0.05, 0.1) is 5.56 Å². The number of alkyl halides is 3. The molecule has 1 atom stereocenters. The fourth-order valence-corrected chi connectivity index (χ4v) is 3.05. The topological polar surface area (TPSA) is 49.4 Å². The van der Waals surface area contributed by atoms with Crippen LogP contribution in [0.2, 0.25) is 0 Å². The Kier molecular flexibility index (Phi) is 6.61. The van der Waals surface area contributed by atoms with Crippen LogP contribution in [0.15, 0.2) is 18.2 Å². The van der Waals surface area contributed by atoms with Gasteiger partial charge in [-0.05, 0) is 43.4 Å². The monoisotopic (exact) mass is 374 g/mol. The first-order valence-electron chi connectivity index (χ1n) is 8.65. The van der Waals surface area contributed by atoms with E-state index in [0.717, 1.165) is 18.9 Å². The lowest BCUT2D eigenvalue weighted by Crippen LogP contribution is -2.43. The van der Waals surface area contributed by atoms with E-state index < -0.39 is 23.5 Å². The molecule has 1 aliphatic rings. The van der Waals surface area contributed by atoms with Crippen LogP contribution in [0.5, 0.6) is 0 Å². The predicted octanol–water partition coefficient (Wildman–Crippen LogP) is 3.61. The molecule has 8 heteroatoms. The maximum absolute atomic E-state index is 13.4. The van der Waals surface area contributed by atoms with Crippen LogP contribution in [0.3, 0.4) is 0 Å². The van der Waals surface area contributed by atoms with Gasteiger partial charge in [-0.3, -0.25) is 9.59 Å². The lowest BCUT2D eigenvalue weighted by molar-refractivity contribution is -0.140. The van der Waals surface area contributed by atoms with Crippen molar-refractivity contribution in [2.24, 2.45) is 5.92 Å². The van der Waals surface area contributed by atoms with E-state index >= 15 is 0 Å². The van der Waals surface area contributed by atoms with Crippen LogP contribution in [0.4, 0.5) is 17.6 Å². The van der Waals surface area contributed by atoms with Crippen LogP contribution in [-0.2, 0) is 11.0 Å². The minimum absolute atomic E-state index is 0.0516. The van der Waals surface area contributed by atoms with Gasteiger partial charge >= 0.3 is 6.18 Å². The van der Waals surface area contributed by atoms with Crippen molar-refractivity contribution in [3.05, 3.63) is 35.1 Å². The molecular formula is C18H22F4N2O2. The quantitative estimate of drug-likeness (QED) is 0.801. The maximum atomic E-state index is 13.4. The third kappa shape index (κ3) is 5.19. The second-order valence-corrected chi connectivity index (χ2v) is 6.51. The number of nitrogens with zero attached hydrogens (tertiary/aromatic N) is 1. The molecule has 1 aliphatic heterocycles. The number of likely N-dealkylation sites (tertiary alicyclic amines) is 1. The van der Waals surface area contributed by atoms with Gasteiger partial charge in [0.15, 0.2) is 0 Å². The molecule has 1 heterocycles. The summed E-state index contributed by atoms with van der Waals surface area (Å²) in [5.74, 6) is -1.95. The molecule has 0 aromatic heterocycles. The van der Waals surface area contributed by atoms with E-state index in [9.17, 15) is 27.2 Å². The highest BCUT2D eigenvalue weighted by Crippen LogP contribution is 2.32. The molecule has 1 N–H and O–H groups in total. The van der Waals surface area contributed by atoms with Crippen molar-refractivity contribution in [1.82, 2.24) is 10.2 Å². The van der Waals surface area contributed by atoms with Crippen LogP contribution in [-0.4, -0.2) is 36.3 Å². The number of piperidine rings is 1. The number of carbonyl (C=O) groups is 2. The molecule has 4 nitrogen and oxygen atoms in total. The molecule has 1 aromatic rings. The Morgan fingerprint density at radius 2 is 2.04 bits per heavy atom. The smallest absolute Gasteiger partial charge is 0.356 e. The molecule has 144 valence electrons. The van der Waals surface area contributed by atoms with Gasteiger partial charge < -0.3 is 10.2 Å². The minimum Gasteiger partial charge on any atom is -0.356 e. The van der Waals surface area contributed by atoms with Crippen LogP contribution >= 0.6 is 0 Å². The summed E-state index contributed by atoms with van der Waals surface area (Å²) in [6, 6.07) is 2.30. The second-order valence-electron chi connectivity index (χ2n) is 6.51. The first-order valence-corrected chi connectivity index (χ1v) is 8.65. The second kappa shape index (κ2) is 8.51. The minimum atomic E-state index is -4.85. The van der Waals surface area contributed by atoms with Gasteiger partial charge in [-0.2, -0.15) is 13.2 Å². The molecule has 0 spiro atoms. The highest BCUT2D eigenvalue weighted by molar-refractivity contribution is 5.94. The molecule has 2 amide bonds. The van der Waals surface area contributed by atoms with Crippen LogP contribution < -0.4 is 5.32 Å².